The van der Waals surface area contributed by atoms with Crippen molar-refractivity contribution in [3.05, 3.63) is 66.1 Å². The number of aryl methyl sites for hydroxylation is 2. The predicted molar refractivity (Wildman–Crippen MR) is 108 cm³/mol. The van der Waals surface area contributed by atoms with Crippen LogP contribution in [0, 0.1) is 6.92 Å². The van der Waals surface area contributed by atoms with Gasteiger partial charge in [-0.3, -0.25) is 5.10 Å². The molecule has 5 heteroatoms. The number of aliphatic hydroxyl groups is 1. The molecule has 0 aliphatic carbocycles. The van der Waals surface area contributed by atoms with Gasteiger partial charge in [-0.2, -0.15) is 10.2 Å². The Labute approximate surface area is 158 Å². The lowest BCUT2D eigenvalue weighted by molar-refractivity contribution is 0.0715. The van der Waals surface area contributed by atoms with Crippen molar-refractivity contribution in [2.45, 2.75) is 39.2 Å². The number of aromatic nitrogens is 4. The number of H-pyrrole nitrogens is 1. The zero-order valence-corrected chi connectivity index (χ0v) is 15.9. The molecule has 3 aromatic heterocycles. The Bertz CT molecular complexity index is 1070. The minimum absolute atomic E-state index is 0.684. The van der Waals surface area contributed by atoms with Gasteiger partial charge in [0.2, 0.25) is 0 Å². The van der Waals surface area contributed by atoms with E-state index in [-0.39, 0.29) is 0 Å². The summed E-state index contributed by atoms with van der Waals surface area (Å²) in [5.74, 6) is 0. The van der Waals surface area contributed by atoms with E-state index < -0.39 is 5.60 Å². The van der Waals surface area contributed by atoms with Crippen molar-refractivity contribution in [2.24, 2.45) is 0 Å². The van der Waals surface area contributed by atoms with Gasteiger partial charge in [-0.1, -0.05) is 30.3 Å². The number of nitrogens with zero attached hydrogens (tertiary/aromatic N) is 3. The first kappa shape index (κ1) is 17.5. The van der Waals surface area contributed by atoms with Crippen LogP contribution in [-0.4, -0.2) is 30.5 Å². The maximum atomic E-state index is 10.1. The van der Waals surface area contributed by atoms with Gasteiger partial charge < -0.3 is 5.11 Å². The molecule has 2 N–H and O–H groups in total. The monoisotopic (exact) mass is 360 g/mol. The molecule has 0 unspecified atom stereocenters. The summed E-state index contributed by atoms with van der Waals surface area (Å²) in [6, 6.07) is 14.6. The molecule has 0 saturated heterocycles. The number of hydrogen-bond acceptors (Lipinski definition) is 3. The highest BCUT2D eigenvalue weighted by Gasteiger charge is 2.16. The third kappa shape index (κ3) is 3.64. The Balaban J connectivity index is 1.71. The molecular formula is C22H24N4O. The van der Waals surface area contributed by atoms with E-state index in [2.05, 4.69) is 45.6 Å². The number of hydrogen-bond donors (Lipinski definition) is 2. The van der Waals surface area contributed by atoms with Crippen molar-refractivity contribution in [3.8, 4) is 22.4 Å². The van der Waals surface area contributed by atoms with Crippen molar-refractivity contribution >= 4 is 5.52 Å². The molecule has 1 aromatic carbocycles. The Morgan fingerprint density at radius 1 is 1.11 bits per heavy atom. The molecule has 0 saturated carbocycles. The molecule has 0 aliphatic heterocycles. The largest absolute Gasteiger partial charge is 0.390 e. The average molecular weight is 360 g/mol. The van der Waals surface area contributed by atoms with E-state index in [0.29, 0.717) is 6.42 Å². The SMILES string of the molecule is Cc1cc(-c2ccc(-c3cnn4cccc(CCC(C)(C)O)c34)cc2)n[nH]1. The first-order valence-corrected chi connectivity index (χ1v) is 9.21. The fourth-order valence-electron chi connectivity index (χ4n) is 3.36. The lowest BCUT2D eigenvalue weighted by Gasteiger charge is -2.17. The predicted octanol–water partition coefficient (Wildman–Crippen LogP) is 4.40. The van der Waals surface area contributed by atoms with E-state index in [1.807, 2.05) is 49.8 Å². The van der Waals surface area contributed by atoms with Crippen LogP contribution in [-0.2, 0) is 6.42 Å². The zero-order valence-electron chi connectivity index (χ0n) is 15.9. The first-order valence-electron chi connectivity index (χ1n) is 9.21. The number of pyridine rings is 1. The van der Waals surface area contributed by atoms with E-state index in [4.69, 9.17) is 0 Å². The van der Waals surface area contributed by atoms with Crippen molar-refractivity contribution in [3.63, 3.8) is 0 Å². The van der Waals surface area contributed by atoms with Crippen LogP contribution in [0.5, 0.6) is 0 Å². The van der Waals surface area contributed by atoms with Gasteiger partial charge >= 0.3 is 0 Å². The van der Waals surface area contributed by atoms with Gasteiger partial charge in [-0.05, 0) is 56.9 Å². The molecule has 138 valence electrons. The molecule has 3 heterocycles. The zero-order chi connectivity index (χ0) is 19.0. The summed E-state index contributed by atoms with van der Waals surface area (Å²) in [6.07, 6.45) is 5.38. The molecule has 0 radical (unpaired) electrons. The lowest BCUT2D eigenvalue weighted by atomic mass is 9.96. The number of fused-ring (bicyclic) bond motifs is 1. The molecule has 5 nitrogen and oxygen atoms in total. The van der Waals surface area contributed by atoms with Crippen molar-refractivity contribution in [1.82, 2.24) is 19.8 Å². The molecule has 0 bridgehead atoms. The highest BCUT2D eigenvalue weighted by atomic mass is 16.3. The number of benzene rings is 1. The maximum absolute atomic E-state index is 10.1. The molecule has 0 fully saturated rings. The van der Waals surface area contributed by atoms with Gasteiger partial charge in [-0.15, -0.1) is 0 Å². The van der Waals surface area contributed by atoms with E-state index in [9.17, 15) is 5.11 Å². The normalized spacial score (nSPS) is 12.0. The second kappa shape index (κ2) is 6.67. The van der Waals surface area contributed by atoms with E-state index in [0.717, 1.165) is 40.0 Å². The smallest absolute Gasteiger partial charge is 0.0923 e. The second-order valence-corrected chi connectivity index (χ2v) is 7.71. The van der Waals surface area contributed by atoms with Crippen molar-refractivity contribution < 1.29 is 5.11 Å². The van der Waals surface area contributed by atoms with E-state index >= 15 is 0 Å². The fraction of sp³-hybridized carbons (Fsp3) is 0.273. The van der Waals surface area contributed by atoms with Crippen LogP contribution < -0.4 is 0 Å². The number of nitrogens with one attached hydrogen (secondary N) is 1. The molecular weight excluding hydrogens is 336 g/mol. The number of rotatable bonds is 5. The fourth-order valence-corrected chi connectivity index (χ4v) is 3.36. The van der Waals surface area contributed by atoms with Gasteiger partial charge in [0.15, 0.2) is 0 Å². The molecule has 0 atom stereocenters. The van der Waals surface area contributed by atoms with E-state index in [1.54, 1.807) is 0 Å². The number of aromatic amines is 1. The molecule has 27 heavy (non-hydrogen) atoms. The summed E-state index contributed by atoms with van der Waals surface area (Å²) in [4.78, 5) is 0. The van der Waals surface area contributed by atoms with Crippen LogP contribution in [0.25, 0.3) is 27.9 Å². The van der Waals surface area contributed by atoms with Crippen LogP contribution in [0.1, 0.15) is 31.5 Å². The van der Waals surface area contributed by atoms with Crippen LogP contribution in [0.2, 0.25) is 0 Å². The third-order valence-corrected chi connectivity index (χ3v) is 4.83. The van der Waals surface area contributed by atoms with Crippen LogP contribution in [0.15, 0.2) is 54.9 Å². The van der Waals surface area contributed by atoms with Gasteiger partial charge in [0.25, 0.3) is 0 Å². The van der Waals surface area contributed by atoms with Gasteiger partial charge in [0, 0.05) is 23.0 Å². The lowest BCUT2D eigenvalue weighted by Crippen LogP contribution is -2.19. The van der Waals surface area contributed by atoms with Gasteiger partial charge in [0.1, 0.15) is 0 Å². The molecule has 4 aromatic rings. The quantitative estimate of drug-likeness (QED) is 0.554. The molecule has 4 rings (SSSR count). The summed E-state index contributed by atoms with van der Waals surface area (Å²) in [6.45, 7) is 5.69. The molecule has 0 amide bonds. The topological polar surface area (TPSA) is 66.2 Å². The summed E-state index contributed by atoms with van der Waals surface area (Å²) in [7, 11) is 0. The van der Waals surface area contributed by atoms with Crippen LogP contribution >= 0.6 is 0 Å². The Morgan fingerprint density at radius 2 is 1.85 bits per heavy atom. The minimum atomic E-state index is -0.684. The van der Waals surface area contributed by atoms with Crippen molar-refractivity contribution in [1.29, 1.82) is 0 Å². The Hall–Kier alpha value is -2.92. The van der Waals surface area contributed by atoms with Gasteiger partial charge in [0.05, 0.1) is 23.0 Å². The standard InChI is InChI=1S/C22H24N4O/c1-15-13-20(25-24-15)17-8-6-16(7-9-17)19-14-23-26-12-4-5-18(21(19)26)10-11-22(2,3)27/h4-9,12-14,27H,10-11H2,1-3H3,(H,24,25). The average Bonchev–Trinajstić information content (AvgIpc) is 3.26. The third-order valence-electron chi connectivity index (χ3n) is 4.83. The minimum Gasteiger partial charge on any atom is -0.390 e. The Kier molecular flexibility index (Phi) is 4.32. The Morgan fingerprint density at radius 3 is 2.52 bits per heavy atom. The summed E-state index contributed by atoms with van der Waals surface area (Å²) in [5, 5.41) is 21.9. The van der Waals surface area contributed by atoms with Gasteiger partial charge in [-0.25, -0.2) is 4.52 Å². The second-order valence-electron chi connectivity index (χ2n) is 7.71. The molecule has 0 aliphatic rings. The highest BCUT2D eigenvalue weighted by Crippen LogP contribution is 2.30. The van der Waals surface area contributed by atoms with E-state index in [1.165, 1.54) is 5.56 Å². The summed E-state index contributed by atoms with van der Waals surface area (Å²) >= 11 is 0. The maximum Gasteiger partial charge on any atom is 0.0923 e. The van der Waals surface area contributed by atoms with Crippen molar-refractivity contribution in [2.75, 3.05) is 0 Å². The first-order chi connectivity index (χ1) is 12.9. The molecule has 0 spiro atoms. The van der Waals surface area contributed by atoms with Crippen LogP contribution in [0.3, 0.4) is 0 Å². The highest BCUT2D eigenvalue weighted by molar-refractivity contribution is 5.83. The van der Waals surface area contributed by atoms with Crippen LogP contribution in [0.4, 0.5) is 0 Å². The summed E-state index contributed by atoms with van der Waals surface area (Å²) < 4.78 is 1.92. The summed E-state index contributed by atoms with van der Waals surface area (Å²) in [5.41, 5.74) is 6.92.